The van der Waals surface area contributed by atoms with Crippen LogP contribution in [0.15, 0.2) is 27.9 Å². The van der Waals surface area contributed by atoms with Gasteiger partial charge >= 0.3 is 0 Å². The van der Waals surface area contributed by atoms with E-state index in [0.717, 1.165) is 12.1 Å². The SMILES string of the molecule is CCNCc1ccc(S(=O)(=O)NCc2nc(C)no2)nc1. The van der Waals surface area contributed by atoms with Crippen molar-refractivity contribution >= 4 is 10.0 Å². The first-order valence-corrected chi connectivity index (χ1v) is 7.94. The molecule has 2 N–H and O–H groups in total. The first-order chi connectivity index (χ1) is 10.0. The summed E-state index contributed by atoms with van der Waals surface area (Å²) in [6, 6.07) is 3.19. The van der Waals surface area contributed by atoms with Gasteiger partial charge in [0, 0.05) is 12.7 Å². The highest BCUT2D eigenvalue weighted by Gasteiger charge is 2.16. The molecule has 0 aliphatic rings. The number of hydrogen-bond donors (Lipinski definition) is 2. The quantitative estimate of drug-likeness (QED) is 0.759. The zero-order valence-electron chi connectivity index (χ0n) is 11.8. The second-order valence-electron chi connectivity index (χ2n) is 4.34. The van der Waals surface area contributed by atoms with Gasteiger partial charge in [0.2, 0.25) is 5.89 Å². The predicted molar refractivity (Wildman–Crippen MR) is 74.7 cm³/mol. The number of nitrogens with one attached hydrogen (secondary N) is 2. The van der Waals surface area contributed by atoms with Crippen LogP contribution in [0.2, 0.25) is 0 Å². The molecular formula is C12H17N5O3S. The van der Waals surface area contributed by atoms with Crippen molar-refractivity contribution in [3.8, 4) is 0 Å². The Morgan fingerprint density at radius 1 is 1.29 bits per heavy atom. The van der Waals surface area contributed by atoms with E-state index in [2.05, 4.69) is 25.2 Å². The Kier molecular flexibility index (Phi) is 4.99. The topological polar surface area (TPSA) is 110 Å². The average molecular weight is 311 g/mol. The number of sulfonamides is 1. The predicted octanol–water partition coefficient (Wildman–Crippen LogP) is 0.361. The largest absolute Gasteiger partial charge is 0.338 e. The van der Waals surface area contributed by atoms with Gasteiger partial charge in [0.1, 0.15) is 0 Å². The van der Waals surface area contributed by atoms with Crippen LogP contribution in [0.4, 0.5) is 0 Å². The molecule has 0 bridgehead atoms. The Bertz CT molecular complexity index is 681. The maximum absolute atomic E-state index is 12.1. The van der Waals surface area contributed by atoms with Gasteiger partial charge in [0.25, 0.3) is 10.0 Å². The lowest BCUT2D eigenvalue weighted by molar-refractivity contribution is 0.372. The van der Waals surface area contributed by atoms with Crippen LogP contribution in [0.5, 0.6) is 0 Å². The van der Waals surface area contributed by atoms with Crippen LogP contribution < -0.4 is 10.0 Å². The molecule has 0 radical (unpaired) electrons. The molecular weight excluding hydrogens is 294 g/mol. The van der Waals surface area contributed by atoms with Crippen LogP contribution in [0.25, 0.3) is 0 Å². The molecule has 0 saturated carbocycles. The monoisotopic (exact) mass is 311 g/mol. The highest BCUT2D eigenvalue weighted by Crippen LogP contribution is 2.07. The Morgan fingerprint density at radius 2 is 2.10 bits per heavy atom. The fraction of sp³-hybridized carbons (Fsp3) is 0.417. The van der Waals surface area contributed by atoms with Crippen molar-refractivity contribution in [2.45, 2.75) is 32.0 Å². The summed E-state index contributed by atoms with van der Waals surface area (Å²) in [4.78, 5) is 7.89. The van der Waals surface area contributed by atoms with Crippen LogP contribution >= 0.6 is 0 Å². The van der Waals surface area contributed by atoms with Gasteiger partial charge in [-0.25, -0.2) is 18.1 Å². The number of aromatic nitrogens is 3. The van der Waals surface area contributed by atoms with E-state index < -0.39 is 10.0 Å². The molecule has 0 fully saturated rings. The van der Waals surface area contributed by atoms with E-state index in [1.807, 2.05) is 6.92 Å². The van der Waals surface area contributed by atoms with E-state index in [1.165, 1.54) is 12.3 Å². The standard InChI is InChI=1S/C12H17N5O3S/c1-3-13-6-10-4-5-12(14-7-10)21(18,19)15-8-11-16-9(2)17-20-11/h4-5,7,13,15H,3,6,8H2,1-2H3. The van der Waals surface area contributed by atoms with Gasteiger partial charge in [-0.1, -0.05) is 18.1 Å². The Morgan fingerprint density at radius 3 is 2.67 bits per heavy atom. The highest BCUT2D eigenvalue weighted by atomic mass is 32.2. The Hall–Kier alpha value is -1.84. The lowest BCUT2D eigenvalue weighted by Gasteiger charge is -2.05. The maximum atomic E-state index is 12.1. The third-order valence-corrected chi connectivity index (χ3v) is 3.95. The van der Waals surface area contributed by atoms with E-state index >= 15 is 0 Å². The first kappa shape index (κ1) is 15.5. The van der Waals surface area contributed by atoms with Gasteiger partial charge in [-0.2, -0.15) is 4.98 Å². The fourth-order valence-electron chi connectivity index (χ4n) is 1.59. The first-order valence-electron chi connectivity index (χ1n) is 6.46. The highest BCUT2D eigenvalue weighted by molar-refractivity contribution is 7.89. The van der Waals surface area contributed by atoms with Crippen molar-refractivity contribution in [2.24, 2.45) is 0 Å². The second-order valence-corrected chi connectivity index (χ2v) is 6.06. The van der Waals surface area contributed by atoms with E-state index in [-0.39, 0.29) is 17.5 Å². The van der Waals surface area contributed by atoms with Crippen molar-refractivity contribution < 1.29 is 12.9 Å². The summed E-state index contributed by atoms with van der Waals surface area (Å²) in [6.45, 7) is 5.08. The van der Waals surface area contributed by atoms with Gasteiger partial charge in [-0.05, 0) is 25.1 Å². The normalized spacial score (nSPS) is 11.7. The molecule has 0 aliphatic heterocycles. The minimum Gasteiger partial charge on any atom is -0.338 e. The summed E-state index contributed by atoms with van der Waals surface area (Å²) in [5.74, 6) is 0.662. The molecule has 0 amide bonds. The Labute approximate surface area is 123 Å². The average Bonchev–Trinajstić information content (AvgIpc) is 2.89. The van der Waals surface area contributed by atoms with Crippen LogP contribution in [0, 0.1) is 6.92 Å². The van der Waals surface area contributed by atoms with E-state index in [0.29, 0.717) is 12.4 Å². The summed E-state index contributed by atoms with van der Waals surface area (Å²) in [7, 11) is -3.70. The molecule has 0 unspecified atom stereocenters. The van der Waals surface area contributed by atoms with Crippen molar-refractivity contribution in [1.29, 1.82) is 0 Å². The van der Waals surface area contributed by atoms with Crippen LogP contribution in [0.3, 0.4) is 0 Å². The van der Waals surface area contributed by atoms with E-state index in [1.54, 1.807) is 13.0 Å². The van der Waals surface area contributed by atoms with Crippen molar-refractivity contribution in [1.82, 2.24) is 25.2 Å². The van der Waals surface area contributed by atoms with E-state index in [9.17, 15) is 8.42 Å². The molecule has 0 saturated heterocycles. The Balaban J connectivity index is 2.01. The molecule has 9 heteroatoms. The zero-order valence-corrected chi connectivity index (χ0v) is 12.6. The summed E-state index contributed by atoms with van der Waals surface area (Å²) in [6.07, 6.45) is 1.54. The van der Waals surface area contributed by atoms with Gasteiger partial charge in [-0.3, -0.25) is 0 Å². The minimum atomic E-state index is -3.70. The minimum absolute atomic E-state index is 0.0426. The van der Waals surface area contributed by atoms with E-state index in [4.69, 9.17) is 4.52 Å². The fourth-order valence-corrected chi connectivity index (χ4v) is 2.49. The molecule has 2 aromatic rings. The molecule has 0 aromatic carbocycles. The summed E-state index contributed by atoms with van der Waals surface area (Å²) in [5, 5.41) is 6.68. The summed E-state index contributed by atoms with van der Waals surface area (Å²) >= 11 is 0. The lowest BCUT2D eigenvalue weighted by Crippen LogP contribution is -2.24. The molecule has 8 nitrogen and oxygen atoms in total. The van der Waals surface area contributed by atoms with Crippen molar-refractivity contribution in [3.05, 3.63) is 35.6 Å². The second kappa shape index (κ2) is 6.74. The molecule has 114 valence electrons. The van der Waals surface area contributed by atoms with Crippen LogP contribution in [-0.4, -0.2) is 30.1 Å². The van der Waals surface area contributed by atoms with Gasteiger partial charge in [-0.15, -0.1) is 0 Å². The van der Waals surface area contributed by atoms with Gasteiger partial charge < -0.3 is 9.84 Å². The molecule has 21 heavy (non-hydrogen) atoms. The van der Waals surface area contributed by atoms with Crippen LogP contribution in [0.1, 0.15) is 24.2 Å². The molecule has 2 rings (SSSR count). The number of pyridine rings is 1. The lowest BCUT2D eigenvalue weighted by atomic mass is 10.3. The molecule has 2 aromatic heterocycles. The van der Waals surface area contributed by atoms with Gasteiger partial charge in [0.15, 0.2) is 10.9 Å². The maximum Gasteiger partial charge on any atom is 0.258 e. The summed E-state index contributed by atoms with van der Waals surface area (Å²) in [5.41, 5.74) is 0.920. The number of nitrogens with zero attached hydrogens (tertiary/aromatic N) is 3. The molecule has 2 heterocycles. The third kappa shape index (κ3) is 4.31. The zero-order chi connectivity index (χ0) is 15.3. The van der Waals surface area contributed by atoms with Crippen molar-refractivity contribution in [3.63, 3.8) is 0 Å². The summed E-state index contributed by atoms with van der Waals surface area (Å²) < 4.78 is 31.3. The number of rotatable bonds is 7. The smallest absolute Gasteiger partial charge is 0.258 e. The van der Waals surface area contributed by atoms with Crippen LogP contribution in [-0.2, 0) is 23.1 Å². The molecule has 0 atom stereocenters. The molecule has 0 aliphatic carbocycles. The third-order valence-electron chi connectivity index (χ3n) is 2.64. The number of aryl methyl sites for hydroxylation is 1. The number of hydrogen-bond acceptors (Lipinski definition) is 7. The molecule has 0 spiro atoms. The van der Waals surface area contributed by atoms with Crippen molar-refractivity contribution in [2.75, 3.05) is 6.54 Å². The van der Waals surface area contributed by atoms with Gasteiger partial charge in [0.05, 0.1) is 6.54 Å².